The van der Waals surface area contributed by atoms with Gasteiger partial charge in [-0.25, -0.2) is 9.50 Å². The third-order valence-electron chi connectivity index (χ3n) is 5.11. The molecule has 154 valence electrons. The van der Waals surface area contributed by atoms with Crippen LogP contribution in [0.25, 0.3) is 16.8 Å². The zero-order valence-electron chi connectivity index (χ0n) is 16.0. The molecule has 0 spiro atoms. The Bertz CT molecular complexity index is 1330. The number of nitrogens with one attached hydrogen (secondary N) is 2. The first-order chi connectivity index (χ1) is 14.9. The Morgan fingerprint density at radius 1 is 1.06 bits per heavy atom. The van der Waals surface area contributed by atoms with Crippen molar-refractivity contribution in [3.8, 4) is 11.1 Å². The number of anilines is 2. The summed E-state index contributed by atoms with van der Waals surface area (Å²) in [5, 5.41) is 8.80. The fourth-order valence-corrected chi connectivity index (χ4v) is 3.51. The van der Waals surface area contributed by atoms with Gasteiger partial charge in [-0.05, 0) is 47.0 Å². The van der Waals surface area contributed by atoms with Crippen molar-refractivity contribution < 1.29 is 18.4 Å². The van der Waals surface area contributed by atoms with Crippen molar-refractivity contribution in [2.45, 2.75) is 12.3 Å². The van der Waals surface area contributed by atoms with Crippen LogP contribution in [0.3, 0.4) is 0 Å². The molecule has 0 fully saturated rings. The Labute approximate surface area is 174 Å². The molecule has 2 N–H and O–H groups in total. The SMILES string of the molecule is O=C(Cc1ccc(-c2ccn3ncnc3c2)cc1)Nc1ccc2c(c1)C(F)(F)C(=O)N2. The molecule has 1 aliphatic heterocycles. The van der Waals surface area contributed by atoms with Crippen LogP contribution in [-0.2, 0) is 21.9 Å². The van der Waals surface area contributed by atoms with Gasteiger partial charge in [0.05, 0.1) is 17.7 Å². The van der Waals surface area contributed by atoms with Gasteiger partial charge in [-0.2, -0.15) is 13.9 Å². The highest BCUT2D eigenvalue weighted by Crippen LogP contribution is 2.41. The second-order valence-electron chi connectivity index (χ2n) is 7.19. The molecule has 7 nitrogen and oxygen atoms in total. The largest absolute Gasteiger partial charge is 0.352 e. The summed E-state index contributed by atoms with van der Waals surface area (Å²) < 4.78 is 29.5. The number of carbonyl (C=O) groups excluding carboxylic acids is 2. The number of amides is 2. The van der Waals surface area contributed by atoms with Crippen molar-refractivity contribution >= 4 is 28.8 Å². The van der Waals surface area contributed by atoms with E-state index in [2.05, 4.69) is 20.7 Å². The first-order valence-electron chi connectivity index (χ1n) is 9.42. The molecule has 9 heteroatoms. The predicted octanol–water partition coefficient (Wildman–Crippen LogP) is 3.62. The topological polar surface area (TPSA) is 88.4 Å². The van der Waals surface area contributed by atoms with Crippen molar-refractivity contribution in [3.05, 3.63) is 78.2 Å². The minimum atomic E-state index is -3.61. The van der Waals surface area contributed by atoms with Gasteiger partial charge in [0.2, 0.25) is 5.91 Å². The van der Waals surface area contributed by atoms with Gasteiger partial charge in [-0.15, -0.1) is 0 Å². The number of alkyl halides is 2. The minimum Gasteiger partial charge on any atom is -0.326 e. The van der Waals surface area contributed by atoms with Crippen molar-refractivity contribution in [1.82, 2.24) is 14.6 Å². The van der Waals surface area contributed by atoms with Gasteiger partial charge in [-0.1, -0.05) is 24.3 Å². The number of halogens is 2. The van der Waals surface area contributed by atoms with E-state index in [0.29, 0.717) is 0 Å². The van der Waals surface area contributed by atoms with E-state index in [9.17, 15) is 18.4 Å². The zero-order valence-corrected chi connectivity index (χ0v) is 16.0. The average molecular weight is 419 g/mol. The van der Waals surface area contributed by atoms with Crippen molar-refractivity contribution in [2.24, 2.45) is 0 Å². The molecule has 1 aliphatic rings. The van der Waals surface area contributed by atoms with E-state index in [1.807, 2.05) is 42.6 Å². The van der Waals surface area contributed by atoms with Crippen molar-refractivity contribution in [3.63, 3.8) is 0 Å². The molecule has 2 amide bonds. The van der Waals surface area contributed by atoms with Crippen LogP contribution in [0.2, 0.25) is 0 Å². The second kappa shape index (κ2) is 6.98. The van der Waals surface area contributed by atoms with Gasteiger partial charge >= 0.3 is 5.92 Å². The Morgan fingerprint density at radius 3 is 2.68 bits per heavy atom. The molecule has 0 saturated carbocycles. The Morgan fingerprint density at radius 2 is 1.87 bits per heavy atom. The Balaban J connectivity index is 1.28. The number of benzene rings is 2. The molecule has 4 aromatic rings. The van der Waals surface area contributed by atoms with Crippen LogP contribution in [0.15, 0.2) is 67.1 Å². The number of pyridine rings is 1. The number of nitrogens with zero attached hydrogens (tertiary/aromatic N) is 3. The van der Waals surface area contributed by atoms with Crippen LogP contribution in [-0.4, -0.2) is 26.4 Å². The normalized spacial score (nSPS) is 14.3. The number of rotatable bonds is 4. The Hall–Kier alpha value is -4.14. The van der Waals surface area contributed by atoms with Gasteiger partial charge in [0, 0.05) is 11.9 Å². The van der Waals surface area contributed by atoms with E-state index in [1.165, 1.54) is 18.5 Å². The van der Waals surface area contributed by atoms with Crippen molar-refractivity contribution in [2.75, 3.05) is 10.6 Å². The van der Waals surface area contributed by atoms with Gasteiger partial charge in [0.15, 0.2) is 5.65 Å². The summed E-state index contributed by atoms with van der Waals surface area (Å²) in [7, 11) is 0. The van der Waals surface area contributed by atoms with E-state index in [4.69, 9.17) is 0 Å². The summed E-state index contributed by atoms with van der Waals surface area (Å²) in [6, 6.07) is 15.3. The highest BCUT2D eigenvalue weighted by molar-refractivity contribution is 6.04. The van der Waals surface area contributed by atoms with Crippen LogP contribution in [0, 0.1) is 0 Å². The molecule has 2 aromatic carbocycles. The molecule has 0 bridgehead atoms. The lowest BCUT2D eigenvalue weighted by Gasteiger charge is -2.10. The zero-order chi connectivity index (χ0) is 21.6. The molecule has 2 aromatic heterocycles. The van der Waals surface area contributed by atoms with Crippen LogP contribution in [0.4, 0.5) is 20.2 Å². The minimum absolute atomic E-state index is 0.0490. The third kappa shape index (κ3) is 3.39. The van der Waals surface area contributed by atoms with Crippen LogP contribution in [0.5, 0.6) is 0 Å². The maximum atomic E-state index is 13.9. The average Bonchev–Trinajstić information content (AvgIpc) is 3.31. The summed E-state index contributed by atoms with van der Waals surface area (Å²) in [6.07, 6.45) is 3.38. The molecule has 0 aliphatic carbocycles. The molecular weight excluding hydrogens is 404 g/mol. The molecule has 0 radical (unpaired) electrons. The smallest absolute Gasteiger partial charge is 0.326 e. The standard InChI is InChI=1S/C22H15F2N5O2/c23-22(24)17-11-16(5-6-18(17)28-21(22)31)27-20(30)9-13-1-3-14(4-2-13)15-7-8-29-19(10-15)25-12-26-29/h1-8,10-12H,9H2,(H,27,30)(H,28,31). The fourth-order valence-electron chi connectivity index (χ4n) is 3.51. The van der Waals surface area contributed by atoms with E-state index in [-0.39, 0.29) is 23.7 Å². The first-order valence-corrected chi connectivity index (χ1v) is 9.42. The molecule has 0 saturated heterocycles. The van der Waals surface area contributed by atoms with Gasteiger partial charge < -0.3 is 10.6 Å². The molecule has 0 unspecified atom stereocenters. The Kier molecular flexibility index (Phi) is 4.25. The van der Waals surface area contributed by atoms with E-state index >= 15 is 0 Å². The monoisotopic (exact) mass is 419 g/mol. The van der Waals surface area contributed by atoms with E-state index < -0.39 is 17.4 Å². The highest BCUT2D eigenvalue weighted by Gasteiger charge is 2.48. The number of fused-ring (bicyclic) bond motifs is 2. The summed E-state index contributed by atoms with van der Waals surface area (Å²) in [4.78, 5) is 27.9. The summed E-state index contributed by atoms with van der Waals surface area (Å²) >= 11 is 0. The van der Waals surface area contributed by atoms with Gasteiger partial charge in [0.25, 0.3) is 5.91 Å². The number of carbonyl (C=O) groups is 2. The summed E-state index contributed by atoms with van der Waals surface area (Å²) in [5.74, 6) is -5.33. The van der Waals surface area contributed by atoms with Crippen LogP contribution in [0.1, 0.15) is 11.1 Å². The lowest BCUT2D eigenvalue weighted by Crippen LogP contribution is -2.23. The quantitative estimate of drug-likeness (QED) is 0.529. The maximum absolute atomic E-state index is 13.9. The molecular formula is C22H15F2N5O2. The maximum Gasteiger partial charge on any atom is 0.352 e. The summed E-state index contributed by atoms with van der Waals surface area (Å²) in [6.45, 7) is 0. The van der Waals surface area contributed by atoms with Crippen molar-refractivity contribution in [1.29, 1.82) is 0 Å². The number of hydrogen-bond acceptors (Lipinski definition) is 4. The molecule has 3 heterocycles. The number of aromatic nitrogens is 3. The third-order valence-corrected chi connectivity index (χ3v) is 5.11. The lowest BCUT2D eigenvalue weighted by atomic mass is 10.0. The second-order valence-corrected chi connectivity index (χ2v) is 7.19. The summed E-state index contributed by atoms with van der Waals surface area (Å²) in [5.41, 5.74) is 3.26. The lowest BCUT2D eigenvalue weighted by molar-refractivity contribution is -0.139. The van der Waals surface area contributed by atoms with Gasteiger partial charge in [-0.3, -0.25) is 9.59 Å². The molecule has 0 atom stereocenters. The molecule has 31 heavy (non-hydrogen) atoms. The van der Waals surface area contributed by atoms with E-state index in [0.717, 1.165) is 28.4 Å². The van der Waals surface area contributed by atoms with Crippen LogP contribution < -0.4 is 10.6 Å². The van der Waals surface area contributed by atoms with E-state index in [1.54, 1.807) is 4.52 Å². The van der Waals surface area contributed by atoms with Gasteiger partial charge in [0.1, 0.15) is 6.33 Å². The highest BCUT2D eigenvalue weighted by atomic mass is 19.3. The predicted molar refractivity (Wildman–Crippen MR) is 110 cm³/mol. The van der Waals surface area contributed by atoms with Crippen LogP contribution >= 0.6 is 0 Å². The first kappa shape index (κ1) is 18.9. The fraction of sp³-hybridized carbons (Fsp3) is 0.0909. The molecule has 5 rings (SSSR count). The number of hydrogen-bond donors (Lipinski definition) is 2.